The summed E-state index contributed by atoms with van der Waals surface area (Å²) in [5.74, 6) is 0.358. The molecule has 4 N–H and O–H groups in total. The lowest BCUT2D eigenvalue weighted by molar-refractivity contribution is 0.0929. The minimum Gasteiger partial charge on any atom is -0.507 e. The lowest BCUT2D eigenvalue weighted by atomic mass is 9.68. The second-order valence-corrected chi connectivity index (χ2v) is 8.16. The zero-order chi connectivity index (χ0) is 23.7. The molecule has 0 aromatic heterocycles. The van der Waals surface area contributed by atoms with Crippen molar-refractivity contribution >= 4 is 11.9 Å². The molecule has 0 atom stereocenters. The summed E-state index contributed by atoms with van der Waals surface area (Å²) in [5.41, 5.74) is 1.07. The number of nitrogens with zero attached hydrogens (tertiary/aromatic N) is 2. The normalized spacial score (nSPS) is 20.4. The van der Waals surface area contributed by atoms with Crippen molar-refractivity contribution in [3.8, 4) is 17.7 Å². The molecule has 1 saturated carbocycles. The van der Waals surface area contributed by atoms with Crippen LogP contribution in [-0.2, 0) is 5.41 Å². The molecule has 1 aliphatic rings. The van der Waals surface area contributed by atoms with Crippen LogP contribution in [0.4, 0.5) is 0 Å². The van der Waals surface area contributed by atoms with Crippen molar-refractivity contribution < 1.29 is 14.6 Å². The maximum absolute atomic E-state index is 13.0. The van der Waals surface area contributed by atoms with Gasteiger partial charge in [-0.1, -0.05) is 36.4 Å². The molecule has 0 radical (unpaired) electrons. The van der Waals surface area contributed by atoms with Crippen LogP contribution in [0, 0.1) is 11.5 Å². The third-order valence-electron chi connectivity index (χ3n) is 6.20. The number of guanidine groups is 1. The van der Waals surface area contributed by atoms with Crippen LogP contribution in [-0.4, -0.2) is 43.2 Å². The first kappa shape index (κ1) is 23.9. The van der Waals surface area contributed by atoms with E-state index >= 15 is 0 Å². The number of nitrogens with one attached hydrogen (secondary N) is 3. The number of nitriles is 1. The Labute approximate surface area is 194 Å². The van der Waals surface area contributed by atoms with Crippen molar-refractivity contribution in [1.82, 2.24) is 16.0 Å². The van der Waals surface area contributed by atoms with Crippen molar-refractivity contribution in [2.45, 2.75) is 44.1 Å². The zero-order valence-corrected chi connectivity index (χ0v) is 19.1. The van der Waals surface area contributed by atoms with E-state index < -0.39 is 0 Å². The number of hydrogen-bond donors (Lipinski definition) is 4. The molecule has 0 saturated heterocycles. The minimum atomic E-state index is -0.365. The quantitative estimate of drug-likeness (QED) is 0.223. The third-order valence-corrected chi connectivity index (χ3v) is 6.20. The number of phenolic OH excluding ortho intramolecular Hbond substituents is 1. The fourth-order valence-electron chi connectivity index (χ4n) is 4.46. The molecule has 0 heterocycles. The molecular weight excluding hydrogens is 418 g/mol. The topological polar surface area (TPSA) is 119 Å². The lowest BCUT2D eigenvalue weighted by Crippen LogP contribution is -2.49. The smallest absolute Gasteiger partial charge is 0.258 e. The van der Waals surface area contributed by atoms with Crippen LogP contribution in [0.2, 0.25) is 0 Å². The van der Waals surface area contributed by atoms with Crippen molar-refractivity contribution in [2.75, 3.05) is 20.2 Å². The van der Waals surface area contributed by atoms with Gasteiger partial charge in [0.2, 0.25) is 5.96 Å². The summed E-state index contributed by atoms with van der Waals surface area (Å²) in [4.78, 5) is 17.3. The number of hydrogen-bond acceptors (Lipinski definition) is 5. The number of aromatic hydroxyl groups is 1. The van der Waals surface area contributed by atoms with Crippen LogP contribution >= 0.6 is 0 Å². The molecule has 174 valence electrons. The number of methoxy groups -OCH3 is 1. The Morgan fingerprint density at radius 2 is 1.94 bits per heavy atom. The number of aliphatic imine (C=N–C) groups is 1. The highest BCUT2D eigenvalue weighted by Gasteiger charge is 2.37. The molecule has 1 aliphatic carbocycles. The van der Waals surface area contributed by atoms with Gasteiger partial charge >= 0.3 is 0 Å². The molecule has 2 aromatic rings. The fourth-order valence-corrected chi connectivity index (χ4v) is 4.46. The number of carbonyl (C=O) groups is 1. The number of phenols is 1. The van der Waals surface area contributed by atoms with Gasteiger partial charge in [-0.05, 0) is 50.3 Å². The Hall–Kier alpha value is -3.73. The fraction of sp³-hybridized carbons (Fsp3) is 0.400. The Bertz CT molecular complexity index is 1010. The monoisotopic (exact) mass is 449 g/mol. The molecule has 2 aromatic carbocycles. The van der Waals surface area contributed by atoms with E-state index in [0.717, 1.165) is 25.7 Å². The first-order chi connectivity index (χ1) is 16.0. The minimum absolute atomic E-state index is 0.110. The van der Waals surface area contributed by atoms with Gasteiger partial charge < -0.3 is 20.5 Å². The molecule has 33 heavy (non-hydrogen) atoms. The van der Waals surface area contributed by atoms with Crippen LogP contribution in [0.1, 0.15) is 48.5 Å². The van der Waals surface area contributed by atoms with E-state index in [-0.39, 0.29) is 28.7 Å². The predicted octanol–water partition coefficient (Wildman–Crippen LogP) is 3.05. The van der Waals surface area contributed by atoms with Gasteiger partial charge in [-0.2, -0.15) is 5.26 Å². The highest BCUT2D eigenvalue weighted by molar-refractivity contribution is 5.99. The summed E-state index contributed by atoms with van der Waals surface area (Å²) >= 11 is 0. The second-order valence-electron chi connectivity index (χ2n) is 8.16. The SMILES string of the molecule is CCN=C(NC#N)NC1CCC(CNC(=O)c2c(O)cccc2OC)(c2ccccc2)CC1. The van der Waals surface area contributed by atoms with Crippen LogP contribution in [0.5, 0.6) is 11.5 Å². The van der Waals surface area contributed by atoms with E-state index in [1.54, 1.807) is 12.1 Å². The maximum Gasteiger partial charge on any atom is 0.258 e. The summed E-state index contributed by atoms with van der Waals surface area (Å²) in [6.07, 6.45) is 5.34. The van der Waals surface area contributed by atoms with Gasteiger partial charge in [-0.3, -0.25) is 15.1 Å². The maximum atomic E-state index is 13.0. The first-order valence-electron chi connectivity index (χ1n) is 11.2. The molecule has 0 aliphatic heterocycles. The van der Waals surface area contributed by atoms with E-state index in [2.05, 4.69) is 33.1 Å². The number of amides is 1. The number of benzene rings is 2. The largest absolute Gasteiger partial charge is 0.507 e. The van der Waals surface area contributed by atoms with E-state index in [4.69, 9.17) is 10.00 Å². The van der Waals surface area contributed by atoms with Gasteiger partial charge in [-0.15, -0.1) is 0 Å². The Morgan fingerprint density at radius 3 is 2.58 bits per heavy atom. The Kier molecular flexibility index (Phi) is 8.14. The molecule has 0 bridgehead atoms. The van der Waals surface area contributed by atoms with Crippen LogP contribution < -0.4 is 20.7 Å². The van der Waals surface area contributed by atoms with Crippen LogP contribution in [0.25, 0.3) is 0 Å². The summed E-state index contributed by atoms with van der Waals surface area (Å²) < 4.78 is 5.27. The Morgan fingerprint density at radius 1 is 1.21 bits per heavy atom. The molecule has 3 rings (SSSR count). The molecule has 0 unspecified atom stereocenters. The van der Waals surface area contributed by atoms with Gasteiger partial charge in [0.05, 0.1) is 7.11 Å². The summed E-state index contributed by atoms with van der Waals surface area (Å²) in [6.45, 7) is 2.94. The highest BCUT2D eigenvalue weighted by atomic mass is 16.5. The first-order valence-corrected chi connectivity index (χ1v) is 11.2. The van der Waals surface area contributed by atoms with Gasteiger partial charge in [0.1, 0.15) is 17.1 Å². The molecule has 1 amide bonds. The second kappa shape index (κ2) is 11.2. The van der Waals surface area contributed by atoms with Gasteiger partial charge in [0.25, 0.3) is 5.91 Å². The summed E-state index contributed by atoms with van der Waals surface area (Å²) in [5, 5.41) is 28.2. The van der Waals surface area contributed by atoms with Crippen molar-refractivity contribution in [3.05, 3.63) is 59.7 Å². The standard InChI is InChI=1S/C25H31N5O3/c1-3-27-24(29-17-26)30-19-12-14-25(15-13-19,18-8-5-4-6-9-18)16-28-23(32)22-20(31)10-7-11-21(22)33-2/h4-11,19,31H,3,12-16H2,1-2H3,(H,28,32)(H2,27,29,30). The average Bonchev–Trinajstić information content (AvgIpc) is 2.84. The molecule has 1 fully saturated rings. The van der Waals surface area contributed by atoms with E-state index in [9.17, 15) is 9.90 Å². The number of rotatable bonds is 7. The average molecular weight is 450 g/mol. The van der Waals surface area contributed by atoms with Crippen molar-refractivity contribution in [3.63, 3.8) is 0 Å². The van der Waals surface area contributed by atoms with Crippen molar-refractivity contribution in [1.29, 1.82) is 5.26 Å². The summed E-state index contributed by atoms with van der Waals surface area (Å²) in [6, 6.07) is 15.2. The van der Waals surface area contributed by atoms with Crippen LogP contribution in [0.15, 0.2) is 53.5 Å². The van der Waals surface area contributed by atoms with Crippen molar-refractivity contribution in [2.24, 2.45) is 4.99 Å². The lowest BCUT2D eigenvalue weighted by Gasteiger charge is -2.41. The summed E-state index contributed by atoms with van der Waals surface area (Å²) in [7, 11) is 1.47. The Balaban J connectivity index is 1.76. The van der Waals surface area contributed by atoms with Gasteiger partial charge in [0.15, 0.2) is 6.19 Å². The molecule has 8 heteroatoms. The van der Waals surface area contributed by atoms with Crippen LogP contribution in [0.3, 0.4) is 0 Å². The molecule has 8 nitrogen and oxygen atoms in total. The third kappa shape index (κ3) is 5.75. The highest BCUT2D eigenvalue weighted by Crippen LogP contribution is 2.39. The number of carbonyl (C=O) groups excluding carboxylic acids is 1. The van der Waals surface area contributed by atoms with E-state index in [1.807, 2.05) is 31.3 Å². The number of ether oxygens (including phenoxy) is 1. The van der Waals surface area contributed by atoms with E-state index in [0.29, 0.717) is 24.8 Å². The van der Waals surface area contributed by atoms with Gasteiger partial charge in [0, 0.05) is 24.5 Å². The predicted molar refractivity (Wildman–Crippen MR) is 127 cm³/mol. The van der Waals surface area contributed by atoms with Gasteiger partial charge in [-0.25, -0.2) is 0 Å². The molecular formula is C25H31N5O3. The molecule has 0 spiro atoms. The van der Waals surface area contributed by atoms with E-state index in [1.165, 1.54) is 18.7 Å². The zero-order valence-electron chi connectivity index (χ0n) is 19.1.